The molecule has 25 heavy (non-hydrogen) atoms. The van der Waals surface area contributed by atoms with Gasteiger partial charge in [0.25, 0.3) is 0 Å². The summed E-state index contributed by atoms with van der Waals surface area (Å²) in [5.41, 5.74) is 2.15. The molecule has 130 valence electrons. The number of hydrogen-bond donors (Lipinski definition) is 1. The normalized spacial score (nSPS) is 13.4. The molecule has 0 amide bonds. The molecule has 0 aliphatic rings. The van der Waals surface area contributed by atoms with Gasteiger partial charge in [0.05, 0.1) is 11.7 Å². The van der Waals surface area contributed by atoms with Crippen molar-refractivity contribution in [2.24, 2.45) is 0 Å². The molecule has 0 saturated carbocycles. The van der Waals surface area contributed by atoms with Gasteiger partial charge in [-0.05, 0) is 49.7 Å². The Morgan fingerprint density at radius 2 is 1.88 bits per heavy atom. The Hall–Kier alpha value is -2.66. The third kappa shape index (κ3) is 4.90. The number of aromatic nitrogens is 3. The smallest absolute Gasteiger partial charge is 0.130 e. The molecule has 0 radical (unpaired) electrons. The predicted molar refractivity (Wildman–Crippen MR) is 98.3 cm³/mol. The van der Waals surface area contributed by atoms with Gasteiger partial charge in [-0.15, -0.1) is 0 Å². The van der Waals surface area contributed by atoms with Crippen molar-refractivity contribution in [3.05, 3.63) is 78.4 Å². The van der Waals surface area contributed by atoms with Crippen molar-refractivity contribution >= 4 is 0 Å². The summed E-state index contributed by atoms with van der Waals surface area (Å²) in [6.07, 6.45) is 5.59. The highest BCUT2D eigenvalue weighted by Gasteiger charge is 2.13. The fourth-order valence-electron chi connectivity index (χ4n) is 2.54. The van der Waals surface area contributed by atoms with E-state index in [2.05, 4.69) is 41.4 Å². The highest BCUT2D eigenvalue weighted by atomic mass is 16.5. The molecule has 5 nitrogen and oxygen atoms in total. The first kappa shape index (κ1) is 17.2. The summed E-state index contributed by atoms with van der Waals surface area (Å²) in [6.45, 7) is 5.64. The van der Waals surface area contributed by atoms with Gasteiger partial charge in [0, 0.05) is 31.2 Å². The zero-order valence-corrected chi connectivity index (χ0v) is 14.7. The highest BCUT2D eigenvalue weighted by Crippen LogP contribution is 2.15. The molecule has 2 atom stereocenters. The molecule has 3 rings (SSSR count). The van der Waals surface area contributed by atoms with Crippen LogP contribution < -0.4 is 10.1 Å². The Bertz CT molecular complexity index is 741. The van der Waals surface area contributed by atoms with E-state index >= 15 is 0 Å². The quantitative estimate of drug-likeness (QED) is 0.683. The van der Waals surface area contributed by atoms with Crippen LogP contribution in [0.4, 0.5) is 0 Å². The van der Waals surface area contributed by atoms with Crippen molar-refractivity contribution in [2.75, 3.05) is 0 Å². The average Bonchev–Trinajstić information content (AvgIpc) is 3.20. The van der Waals surface area contributed by atoms with Gasteiger partial charge in [-0.25, -0.2) is 0 Å². The summed E-state index contributed by atoms with van der Waals surface area (Å²) < 4.78 is 7.74. The van der Waals surface area contributed by atoms with E-state index < -0.39 is 0 Å². The minimum absolute atomic E-state index is 0.302. The maximum Gasteiger partial charge on any atom is 0.130 e. The average molecular weight is 336 g/mol. The zero-order chi connectivity index (χ0) is 17.5. The molecule has 1 aromatic carbocycles. The second kappa shape index (κ2) is 8.44. The van der Waals surface area contributed by atoms with E-state index in [4.69, 9.17) is 4.74 Å². The van der Waals surface area contributed by atoms with E-state index in [0.717, 1.165) is 18.0 Å². The molecule has 0 bridgehead atoms. The van der Waals surface area contributed by atoms with Crippen molar-refractivity contribution in [3.63, 3.8) is 0 Å². The minimum atomic E-state index is 0.302. The molecule has 2 heterocycles. The van der Waals surface area contributed by atoms with Crippen LogP contribution in [0.25, 0.3) is 0 Å². The van der Waals surface area contributed by atoms with Crippen molar-refractivity contribution < 1.29 is 4.74 Å². The van der Waals surface area contributed by atoms with Crippen LogP contribution in [0, 0.1) is 0 Å². The SMILES string of the molecule is C[C@H](NCc1ccc(OCc2ccccn2)cc1)[C@H](C)n1cccn1. The number of hydrogen-bond acceptors (Lipinski definition) is 4. The molecule has 0 fully saturated rings. The van der Waals surface area contributed by atoms with E-state index in [1.807, 2.05) is 53.5 Å². The Labute approximate surface area is 148 Å². The van der Waals surface area contributed by atoms with Crippen LogP contribution in [-0.4, -0.2) is 20.8 Å². The molecular weight excluding hydrogens is 312 g/mol. The van der Waals surface area contributed by atoms with Crippen LogP contribution in [0.5, 0.6) is 5.75 Å². The van der Waals surface area contributed by atoms with Gasteiger partial charge in [0.2, 0.25) is 0 Å². The monoisotopic (exact) mass is 336 g/mol. The highest BCUT2D eigenvalue weighted by molar-refractivity contribution is 5.27. The second-order valence-electron chi connectivity index (χ2n) is 6.15. The lowest BCUT2D eigenvalue weighted by Crippen LogP contribution is -2.33. The van der Waals surface area contributed by atoms with E-state index in [9.17, 15) is 0 Å². The first-order chi connectivity index (χ1) is 12.2. The number of nitrogens with zero attached hydrogens (tertiary/aromatic N) is 3. The summed E-state index contributed by atoms with van der Waals surface area (Å²) in [5.74, 6) is 0.854. The Kier molecular flexibility index (Phi) is 5.80. The molecule has 0 unspecified atom stereocenters. The fourth-order valence-corrected chi connectivity index (χ4v) is 2.54. The fraction of sp³-hybridized carbons (Fsp3) is 0.300. The summed E-state index contributed by atoms with van der Waals surface area (Å²) in [7, 11) is 0. The van der Waals surface area contributed by atoms with Gasteiger partial charge in [0.15, 0.2) is 0 Å². The molecule has 0 spiro atoms. The van der Waals surface area contributed by atoms with E-state index in [1.54, 1.807) is 6.20 Å². The molecule has 5 heteroatoms. The van der Waals surface area contributed by atoms with Crippen LogP contribution >= 0.6 is 0 Å². The molecule has 0 aliphatic carbocycles. The van der Waals surface area contributed by atoms with Gasteiger partial charge < -0.3 is 10.1 Å². The number of benzene rings is 1. The van der Waals surface area contributed by atoms with Gasteiger partial charge in [-0.2, -0.15) is 5.10 Å². The van der Waals surface area contributed by atoms with Crippen molar-refractivity contribution in [3.8, 4) is 5.75 Å². The van der Waals surface area contributed by atoms with Crippen molar-refractivity contribution in [2.45, 2.75) is 39.1 Å². The largest absolute Gasteiger partial charge is 0.487 e. The zero-order valence-electron chi connectivity index (χ0n) is 14.7. The van der Waals surface area contributed by atoms with E-state index in [0.29, 0.717) is 18.7 Å². The topological polar surface area (TPSA) is 52.0 Å². The van der Waals surface area contributed by atoms with Crippen LogP contribution in [-0.2, 0) is 13.2 Å². The van der Waals surface area contributed by atoms with Crippen LogP contribution in [0.1, 0.15) is 31.1 Å². The van der Waals surface area contributed by atoms with Crippen molar-refractivity contribution in [1.29, 1.82) is 0 Å². The summed E-state index contributed by atoms with van der Waals surface area (Å²) >= 11 is 0. The Morgan fingerprint density at radius 3 is 2.56 bits per heavy atom. The van der Waals surface area contributed by atoms with E-state index in [1.165, 1.54) is 5.56 Å². The van der Waals surface area contributed by atoms with Crippen LogP contribution in [0.3, 0.4) is 0 Å². The lowest BCUT2D eigenvalue weighted by atomic mass is 10.1. The maximum absolute atomic E-state index is 5.77. The van der Waals surface area contributed by atoms with Gasteiger partial charge in [0.1, 0.15) is 12.4 Å². The van der Waals surface area contributed by atoms with Gasteiger partial charge in [-0.3, -0.25) is 9.67 Å². The lowest BCUT2D eigenvalue weighted by Gasteiger charge is -2.22. The van der Waals surface area contributed by atoms with E-state index in [-0.39, 0.29) is 0 Å². The third-order valence-corrected chi connectivity index (χ3v) is 4.33. The molecule has 2 aromatic heterocycles. The molecule has 1 N–H and O–H groups in total. The lowest BCUT2D eigenvalue weighted by molar-refractivity contribution is 0.301. The standard InChI is InChI=1S/C20H24N4O/c1-16(17(2)24-13-5-12-23-24)22-14-18-7-9-20(10-8-18)25-15-19-6-3-4-11-21-19/h3-13,16-17,22H,14-15H2,1-2H3/t16-,17-/m0/s1. The van der Waals surface area contributed by atoms with Crippen LogP contribution in [0.15, 0.2) is 67.1 Å². The molecule has 0 saturated heterocycles. The van der Waals surface area contributed by atoms with Crippen molar-refractivity contribution in [1.82, 2.24) is 20.1 Å². The number of nitrogens with one attached hydrogen (secondary N) is 1. The van der Waals surface area contributed by atoms with Gasteiger partial charge >= 0.3 is 0 Å². The van der Waals surface area contributed by atoms with Crippen LogP contribution in [0.2, 0.25) is 0 Å². The van der Waals surface area contributed by atoms with Gasteiger partial charge in [-0.1, -0.05) is 18.2 Å². The first-order valence-electron chi connectivity index (χ1n) is 8.56. The molecule has 0 aliphatic heterocycles. The minimum Gasteiger partial charge on any atom is -0.487 e. The molecular formula is C20H24N4O. The number of pyridine rings is 1. The summed E-state index contributed by atoms with van der Waals surface area (Å²) in [4.78, 5) is 4.26. The number of ether oxygens (including phenoxy) is 1. The second-order valence-corrected chi connectivity index (χ2v) is 6.15. The summed E-state index contributed by atoms with van der Waals surface area (Å²) in [5, 5.41) is 7.86. The predicted octanol–water partition coefficient (Wildman–Crippen LogP) is 3.60. The summed E-state index contributed by atoms with van der Waals surface area (Å²) in [6, 6.07) is 16.6. The first-order valence-corrected chi connectivity index (χ1v) is 8.56. The molecule has 3 aromatic rings. The maximum atomic E-state index is 5.77. The Morgan fingerprint density at radius 1 is 1.04 bits per heavy atom. The third-order valence-electron chi connectivity index (χ3n) is 4.33. The Balaban J connectivity index is 1.47. The number of rotatable bonds is 8.